The molecule has 2 aromatic rings. The van der Waals surface area contributed by atoms with Crippen LogP contribution in [0.1, 0.15) is 19.6 Å². The third-order valence-corrected chi connectivity index (χ3v) is 2.64. The van der Waals surface area contributed by atoms with E-state index in [1.165, 1.54) is 12.1 Å². The summed E-state index contributed by atoms with van der Waals surface area (Å²) in [6.07, 6.45) is 0. The molecule has 0 fully saturated rings. The molecule has 1 heterocycles. The first kappa shape index (κ1) is 12.8. The van der Waals surface area contributed by atoms with Gasteiger partial charge in [0.25, 0.3) is 0 Å². The van der Waals surface area contributed by atoms with Crippen molar-refractivity contribution in [1.82, 2.24) is 5.32 Å². The van der Waals surface area contributed by atoms with Gasteiger partial charge in [-0.2, -0.15) is 0 Å². The van der Waals surface area contributed by atoms with Crippen molar-refractivity contribution in [3.8, 4) is 11.3 Å². The van der Waals surface area contributed by atoms with Gasteiger partial charge in [0, 0.05) is 5.56 Å². The Morgan fingerprint density at radius 3 is 2.50 bits per heavy atom. The minimum absolute atomic E-state index is 0.232. The van der Waals surface area contributed by atoms with Crippen molar-refractivity contribution < 1.29 is 8.81 Å². The molecule has 3 heteroatoms. The molecule has 96 valence electrons. The molecule has 0 radical (unpaired) electrons. The molecule has 0 unspecified atom stereocenters. The maximum atomic E-state index is 12.8. The van der Waals surface area contributed by atoms with Crippen molar-refractivity contribution >= 4 is 0 Å². The molecule has 0 amide bonds. The van der Waals surface area contributed by atoms with E-state index in [-0.39, 0.29) is 5.82 Å². The molecule has 0 saturated carbocycles. The molecule has 0 saturated heterocycles. The number of furan rings is 1. The minimum atomic E-state index is -0.232. The molecule has 18 heavy (non-hydrogen) atoms. The zero-order valence-corrected chi connectivity index (χ0v) is 10.7. The number of benzene rings is 1. The predicted molar refractivity (Wildman–Crippen MR) is 70.6 cm³/mol. The monoisotopic (exact) mass is 247 g/mol. The first-order chi connectivity index (χ1) is 8.65. The summed E-state index contributed by atoms with van der Waals surface area (Å²) in [6, 6.07) is 10.2. The Morgan fingerprint density at radius 2 is 1.83 bits per heavy atom. The standard InChI is InChI=1S/C15H18FNO/c1-11(2)9-17-10-14-7-8-15(18-14)12-3-5-13(16)6-4-12/h3-8,11,17H,9-10H2,1-2H3. The van der Waals surface area contributed by atoms with Crippen LogP contribution in [0.2, 0.25) is 0 Å². The number of nitrogens with one attached hydrogen (secondary N) is 1. The fourth-order valence-corrected chi connectivity index (χ4v) is 1.73. The maximum absolute atomic E-state index is 12.8. The van der Waals surface area contributed by atoms with Crippen LogP contribution in [0.4, 0.5) is 4.39 Å². The van der Waals surface area contributed by atoms with E-state index in [0.717, 1.165) is 30.2 Å². The fraction of sp³-hybridized carbons (Fsp3) is 0.333. The van der Waals surface area contributed by atoms with Crippen LogP contribution in [0.15, 0.2) is 40.8 Å². The van der Waals surface area contributed by atoms with Crippen LogP contribution in [0, 0.1) is 11.7 Å². The molecule has 1 N–H and O–H groups in total. The Kier molecular flexibility index (Phi) is 4.15. The lowest BCUT2D eigenvalue weighted by Crippen LogP contribution is -2.18. The Labute approximate surface area is 107 Å². The average molecular weight is 247 g/mol. The highest BCUT2D eigenvalue weighted by Crippen LogP contribution is 2.22. The first-order valence-electron chi connectivity index (χ1n) is 6.20. The molecule has 2 rings (SSSR count). The summed E-state index contributed by atoms with van der Waals surface area (Å²) in [7, 11) is 0. The second kappa shape index (κ2) is 5.83. The molecule has 0 atom stereocenters. The third kappa shape index (κ3) is 3.44. The second-order valence-electron chi connectivity index (χ2n) is 4.80. The number of halogens is 1. The van der Waals surface area contributed by atoms with Crippen LogP contribution in [0.3, 0.4) is 0 Å². The van der Waals surface area contributed by atoms with Gasteiger partial charge in [0.1, 0.15) is 17.3 Å². The highest BCUT2D eigenvalue weighted by atomic mass is 19.1. The Morgan fingerprint density at radius 1 is 1.11 bits per heavy atom. The van der Waals surface area contributed by atoms with Gasteiger partial charge in [-0.1, -0.05) is 13.8 Å². The van der Waals surface area contributed by atoms with Gasteiger partial charge >= 0.3 is 0 Å². The summed E-state index contributed by atoms with van der Waals surface area (Å²) in [5, 5.41) is 3.32. The van der Waals surface area contributed by atoms with Crippen molar-refractivity contribution in [2.75, 3.05) is 6.54 Å². The molecule has 0 aliphatic rings. The molecule has 2 nitrogen and oxygen atoms in total. The number of rotatable bonds is 5. The molecular formula is C15H18FNO. The van der Waals surface area contributed by atoms with Gasteiger partial charge in [-0.15, -0.1) is 0 Å². The molecular weight excluding hydrogens is 229 g/mol. The quantitative estimate of drug-likeness (QED) is 0.868. The Bertz CT molecular complexity index is 487. The number of hydrogen-bond donors (Lipinski definition) is 1. The molecule has 1 aromatic heterocycles. The van der Waals surface area contributed by atoms with E-state index in [1.807, 2.05) is 12.1 Å². The summed E-state index contributed by atoms with van der Waals surface area (Å²) in [4.78, 5) is 0. The Balaban J connectivity index is 1.99. The summed E-state index contributed by atoms with van der Waals surface area (Å²) < 4.78 is 18.5. The van der Waals surface area contributed by atoms with Gasteiger partial charge in [-0.05, 0) is 48.9 Å². The van der Waals surface area contributed by atoms with Gasteiger partial charge in [-0.25, -0.2) is 4.39 Å². The first-order valence-corrected chi connectivity index (χ1v) is 6.20. The lowest BCUT2D eigenvalue weighted by atomic mass is 10.2. The third-order valence-electron chi connectivity index (χ3n) is 2.64. The van der Waals surface area contributed by atoms with E-state index in [1.54, 1.807) is 12.1 Å². The van der Waals surface area contributed by atoms with E-state index >= 15 is 0 Å². The Hall–Kier alpha value is -1.61. The smallest absolute Gasteiger partial charge is 0.134 e. The largest absolute Gasteiger partial charge is 0.460 e. The van der Waals surface area contributed by atoms with Crippen molar-refractivity contribution in [2.45, 2.75) is 20.4 Å². The SMILES string of the molecule is CC(C)CNCc1ccc(-c2ccc(F)cc2)o1. The van der Waals surface area contributed by atoms with Gasteiger partial charge < -0.3 is 9.73 Å². The molecule has 0 bridgehead atoms. The van der Waals surface area contributed by atoms with Crippen LogP contribution in [0.25, 0.3) is 11.3 Å². The van der Waals surface area contributed by atoms with Crippen molar-refractivity contribution in [1.29, 1.82) is 0 Å². The summed E-state index contributed by atoms with van der Waals surface area (Å²) in [5.74, 6) is 2.06. The summed E-state index contributed by atoms with van der Waals surface area (Å²) in [5.41, 5.74) is 0.895. The zero-order chi connectivity index (χ0) is 13.0. The van der Waals surface area contributed by atoms with Crippen molar-refractivity contribution in [3.63, 3.8) is 0 Å². The highest BCUT2D eigenvalue weighted by Gasteiger charge is 2.05. The van der Waals surface area contributed by atoms with Crippen LogP contribution >= 0.6 is 0 Å². The highest BCUT2D eigenvalue weighted by molar-refractivity contribution is 5.57. The van der Waals surface area contributed by atoms with E-state index in [2.05, 4.69) is 19.2 Å². The lowest BCUT2D eigenvalue weighted by molar-refractivity contribution is 0.472. The van der Waals surface area contributed by atoms with Gasteiger partial charge in [0.2, 0.25) is 0 Å². The average Bonchev–Trinajstić information content (AvgIpc) is 2.78. The van der Waals surface area contributed by atoms with Crippen LogP contribution in [0.5, 0.6) is 0 Å². The van der Waals surface area contributed by atoms with Crippen molar-refractivity contribution in [2.24, 2.45) is 5.92 Å². The summed E-state index contributed by atoms with van der Waals surface area (Å²) >= 11 is 0. The zero-order valence-electron chi connectivity index (χ0n) is 10.7. The topological polar surface area (TPSA) is 25.2 Å². The van der Waals surface area contributed by atoms with E-state index in [9.17, 15) is 4.39 Å². The lowest BCUT2D eigenvalue weighted by Gasteiger charge is -2.05. The normalized spacial score (nSPS) is 11.1. The minimum Gasteiger partial charge on any atom is -0.460 e. The fourth-order valence-electron chi connectivity index (χ4n) is 1.73. The maximum Gasteiger partial charge on any atom is 0.134 e. The van der Waals surface area contributed by atoms with Gasteiger partial charge in [-0.3, -0.25) is 0 Å². The second-order valence-corrected chi connectivity index (χ2v) is 4.80. The summed E-state index contributed by atoms with van der Waals surface area (Å²) in [6.45, 7) is 6.02. The van der Waals surface area contributed by atoms with E-state index in [4.69, 9.17) is 4.42 Å². The molecule has 1 aromatic carbocycles. The van der Waals surface area contributed by atoms with E-state index in [0.29, 0.717) is 5.92 Å². The molecule has 0 aliphatic carbocycles. The number of hydrogen-bond acceptors (Lipinski definition) is 2. The van der Waals surface area contributed by atoms with Crippen molar-refractivity contribution in [3.05, 3.63) is 48.0 Å². The van der Waals surface area contributed by atoms with Crippen LogP contribution in [-0.4, -0.2) is 6.54 Å². The van der Waals surface area contributed by atoms with Gasteiger partial charge in [0.15, 0.2) is 0 Å². The van der Waals surface area contributed by atoms with Gasteiger partial charge in [0.05, 0.1) is 6.54 Å². The van der Waals surface area contributed by atoms with Crippen LogP contribution < -0.4 is 5.32 Å². The van der Waals surface area contributed by atoms with E-state index < -0.39 is 0 Å². The predicted octanol–water partition coefficient (Wildman–Crippen LogP) is 3.83. The van der Waals surface area contributed by atoms with Crippen LogP contribution in [-0.2, 0) is 6.54 Å². The molecule has 0 aliphatic heterocycles. The molecule has 0 spiro atoms.